The average molecular weight is 235 g/mol. The maximum absolute atomic E-state index is 9.04. The molecule has 0 radical (unpaired) electrons. The normalized spacial score (nSPS) is 11.4. The molecule has 0 amide bonds. The summed E-state index contributed by atoms with van der Waals surface area (Å²) in [5.74, 6) is 0.576. The fourth-order valence-corrected chi connectivity index (χ4v) is 2.04. The summed E-state index contributed by atoms with van der Waals surface area (Å²) < 4.78 is 0. The molecule has 0 aliphatic heterocycles. The molecule has 0 fully saturated rings. The van der Waals surface area contributed by atoms with Crippen molar-refractivity contribution < 1.29 is 5.11 Å². The van der Waals surface area contributed by atoms with Crippen LogP contribution < -0.4 is 0 Å². The van der Waals surface area contributed by atoms with Gasteiger partial charge in [-0.1, -0.05) is 45.0 Å². The highest BCUT2D eigenvalue weighted by atomic mass is 16.3. The number of hydrogen-bond donors (Lipinski definition) is 1. The number of nitrogens with zero attached hydrogens (tertiary/aromatic N) is 1. The molecule has 0 unspecified atom stereocenters. The number of aliphatic hydroxyl groups excluding tert-OH is 1. The average Bonchev–Trinajstić information content (AvgIpc) is 2.30. The molecule has 96 valence electrons. The third-order valence-corrected chi connectivity index (χ3v) is 2.98. The summed E-state index contributed by atoms with van der Waals surface area (Å²) in [7, 11) is 0. The third kappa shape index (κ3) is 4.88. The highest BCUT2D eigenvalue weighted by Crippen LogP contribution is 2.16. The van der Waals surface area contributed by atoms with E-state index in [-0.39, 0.29) is 6.61 Å². The summed E-state index contributed by atoms with van der Waals surface area (Å²) in [6.07, 6.45) is 1.13. The van der Waals surface area contributed by atoms with Crippen molar-refractivity contribution in [3.8, 4) is 0 Å². The molecule has 2 heteroatoms. The van der Waals surface area contributed by atoms with E-state index in [1.807, 2.05) is 0 Å². The van der Waals surface area contributed by atoms with Crippen molar-refractivity contribution in [1.29, 1.82) is 0 Å². The minimum absolute atomic E-state index is 0.240. The van der Waals surface area contributed by atoms with Crippen molar-refractivity contribution in [2.75, 3.05) is 19.7 Å². The van der Waals surface area contributed by atoms with Gasteiger partial charge in [0.1, 0.15) is 0 Å². The van der Waals surface area contributed by atoms with Crippen LogP contribution in [0.4, 0.5) is 0 Å². The van der Waals surface area contributed by atoms with Crippen molar-refractivity contribution in [2.45, 2.75) is 39.7 Å². The Labute approximate surface area is 105 Å². The zero-order valence-electron chi connectivity index (χ0n) is 11.3. The molecule has 0 saturated heterocycles. The molecule has 1 N–H and O–H groups in total. The van der Waals surface area contributed by atoms with Crippen LogP contribution in [-0.4, -0.2) is 29.7 Å². The van der Waals surface area contributed by atoms with Gasteiger partial charge in [-0.3, -0.25) is 4.90 Å². The SMILES string of the molecule is CCCN(CCO)Cc1cccc(C(C)C)c1. The second-order valence-electron chi connectivity index (χ2n) is 4.90. The molecule has 1 aromatic rings. The van der Waals surface area contributed by atoms with Crippen LogP contribution >= 0.6 is 0 Å². The van der Waals surface area contributed by atoms with Crippen molar-refractivity contribution in [1.82, 2.24) is 4.90 Å². The van der Waals surface area contributed by atoms with E-state index in [0.29, 0.717) is 5.92 Å². The van der Waals surface area contributed by atoms with Crippen LogP contribution in [0.25, 0.3) is 0 Å². The zero-order valence-corrected chi connectivity index (χ0v) is 11.3. The maximum atomic E-state index is 9.04. The lowest BCUT2D eigenvalue weighted by Crippen LogP contribution is -2.27. The molecule has 0 aliphatic rings. The minimum atomic E-state index is 0.240. The Kier molecular flexibility index (Phi) is 6.23. The molecule has 17 heavy (non-hydrogen) atoms. The predicted molar refractivity (Wildman–Crippen MR) is 73.2 cm³/mol. The van der Waals surface area contributed by atoms with Crippen LogP contribution in [0.15, 0.2) is 24.3 Å². The lowest BCUT2D eigenvalue weighted by Gasteiger charge is -2.21. The van der Waals surface area contributed by atoms with E-state index in [1.165, 1.54) is 11.1 Å². The monoisotopic (exact) mass is 235 g/mol. The number of benzene rings is 1. The van der Waals surface area contributed by atoms with Crippen LogP contribution in [0.2, 0.25) is 0 Å². The summed E-state index contributed by atoms with van der Waals surface area (Å²) in [4.78, 5) is 2.31. The van der Waals surface area contributed by atoms with Crippen LogP contribution in [0.5, 0.6) is 0 Å². The quantitative estimate of drug-likeness (QED) is 0.785. The van der Waals surface area contributed by atoms with E-state index in [0.717, 1.165) is 26.1 Å². The Morgan fingerprint density at radius 2 is 2.00 bits per heavy atom. The molecular formula is C15H25NO. The molecule has 0 bridgehead atoms. The Morgan fingerprint density at radius 1 is 1.24 bits per heavy atom. The fourth-order valence-electron chi connectivity index (χ4n) is 2.04. The van der Waals surface area contributed by atoms with Gasteiger partial charge in [0.15, 0.2) is 0 Å². The first-order valence-corrected chi connectivity index (χ1v) is 6.59. The van der Waals surface area contributed by atoms with E-state index in [1.54, 1.807) is 0 Å². The summed E-state index contributed by atoms with van der Waals surface area (Å²) >= 11 is 0. The molecule has 0 aliphatic carbocycles. The summed E-state index contributed by atoms with van der Waals surface area (Å²) in [6.45, 7) is 9.60. The highest BCUT2D eigenvalue weighted by Gasteiger charge is 2.06. The summed E-state index contributed by atoms with van der Waals surface area (Å²) in [5.41, 5.74) is 2.74. The summed E-state index contributed by atoms with van der Waals surface area (Å²) in [5, 5.41) is 9.04. The molecule has 0 spiro atoms. The predicted octanol–water partition coefficient (Wildman–Crippen LogP) is 3.01. The third-order valence-electron chi connectivity index (χ3n) is 2.98. The molecule has 2 nitrogen and oxygen atoms in total. The van der Waals surface area contributed by atoms with E-state index < -0.39 is 0 Å². The smallest absolute Gasteiger partial charge is 0.0558 e. The molecule has 0 saturated carbocycles. The molecule has 0 aromatic heterocycles. The fraction of sp³-hybridized carbons (Fsp3) is 0.600. The first kappa shape index (κ1) is 14.2. The van der Waals surface area contributed by atoms with Gasteiger partial charge >= 0.3 is 0 Å². The van der Waals surface area contributed by atoms with Gasteiger partial charge in [0, 0.05) is 13.1 Å². The first-order valence-electron chi connectivity index (χ1n) is 6.59. The number of aliphatic hydroxyl groups is 1. The van der Waals surface area contributed by atoms with Crippen molar-refractivity contribution >= 4 is 0 Å². The van der Waals surface area contributed by atoms with Gasteiger partial charge in [-0.05, 0) is 30.0 Å². The minimum Gasteiger partial charge on any atom is -0.395 e. The largest absolute Gasteiger partial charge is 0.395 e. The second kappa shape index (κ2) is 7.46. The van der Waals surface area contributed by atoms with Gasteiger partial charge in [0.05, 0.1) is 6.61 Å². The lowest BCUT2D eigenvalue weighted by atomic mass is 10.0. The highest BCUT2D eigenvalue weighted by molar-refractivity contribution is 5.25. The summed E-state index contributed by atoms with van der Waals surface area (Å²) in [6, 6.07) is 8.77. The standard InChI is InChI=1S/C15H25NO/c1-4-8-16(9-10-17)12-14-6-5-7-15(11-14)13(2)3/h5-7,11,13,17H,4,8-10,12H2,1-3H3. The van der Waals surface area contributed by atoms with Gasteiger partial charge in [0.2, 0.25) is 0 Å². The number of rotatable bonds is 7. The van der Waals surface area contributed by atoms with Crippen molar-refractivity contribution in [2.24, 2.45) is 0 Å². The van der Waals surface area contributed by atoms with Crippen molar-refractivity contribution in [3.63, 3.8) is 0 Å². The van der Waals surface area contributed by atoms with E-state index >= 15 is 0 Å². The van der Waals surface area contributed by atoms with Gasteiger partial charge in [-0.25, -0.2) is 0 Å². The van der Waals surface area contributed by atoms with Crippen LogP contribution in [0.1, 0.15) is 44.2 Å². The Hall–Kier alpha value is -0.860. The second-order valence-corrected chi connectivity index (χ2v) is 4.90. The van der Waals surface area contributed by atoms with Crippen LogP contribution in [0, 0.1) is 0 Å². The molecule has 0 heterocycles. The Morgan fingerprint density at radius 3 is 2.59 bits per heavy atom. The van der Waals surface area contributed by atoms with Gasteiger partial charge < -0.3 is 5.11 Å². The van der Waals surface area contributed by atoms with E-state index in [9.17, 15) is 0 Å². The maximum Gasteiger partial charge on any atom is 0.0558 e. The Balaban J connectivity index is 2.67. The van der Waals surface area contributed by atoms with Crippen molar-refractivity contribution in [3.05, 3.63) is 35.4 Å². The van der Waals surface area contributed by atoms with Crippen LogP contribution in [0.3, 0.4) is 0 Å². The molecule has 0 atom stereocenters. The van der Waals surface area contributed by atoms with Crippen LogP contribution in [-0.2, 0) is 6.54 Å². The molecule has 1 rings (SSSR count). The topological polar surface area (TPSA) is 23.5 Å². The molecular weight excluding hydrogens is 210 g/mol. The van der Waals surface area contributed by atoms with Gasteiger partial charge in [-0.15, -0.1) is 0 Å². The number of hydrogen-bond acceptors (Lipinski definition) is 2. The van der Waals surface area contributed by atoms with E-state index in [2.05, 4.69) is 49.9 Å². The first-order chi connectivity index (χ1) is 8.17. The Bertz CT molecular complexity index is 316. The van der Waals surface area contributed by atoms with E-state index in [4.69, 9.17) is 5.11 Å². The lowest BCUT2D eigenvalue weighted by molar-refractivity contribution is 0.190. The molecule has 1 aromatic carbocycles. The van der Waals surface area contributed by atoms with Gasteiger partial charge in [-0.2, -0.15) is 0 Å². The van der Waals surface area contributed by atoms with Gasteiger partial charge in [0.25, 0.3) is 0 Å². The zero-order chi connectivity index (χ0) is 12.7.